The van der Waals surface area contributed by atoms with Crippen LogP contribution in [0, 0.1) is 6.92 Å². The van der Waals surface area contributed by atoms with Gasteiger partial charge < -0.3 is 4.90 Å². The first-order valence-corrected chi connectivity index (χ1v) is 7.05. The first-order chi connectivity index (χ1) is 10.1. The van der Waals surface area contributed by atoms with E-state index in [9.17, 15) is 4.79 Å². The summed E-state index contributed by atoms with van der Waals surface area (Å²) in [6.45, 7) is 2.70. The summed E-state index contributed by atoms with van der Waals surface area (Å²) in [5.41, 5.74) is 3.23. The number of benzene rings is 1. The molecule has 0 N–H and O–H groups in total. The lowest BCUT2D eigenvalue weighted by molar-refractivity contribution is -0.124. The molecule has 0 aliphatic rings. The third kappa shape index (κ3) is 4.88. The third-order valence-corrected chi connectivity index (χ3v) is 3.27. The van der Waals surface area contributed by atoms with E-state index in [2.05, 4.69) is 11.1 Å². The van der Waals surface area contributed by atoms with Crippen molar-refractivity contribution in [1.82, 2.24) is 9.88 Å². The topological polar surface area (TPSA) is 33.2 Å². The fraction of sp³-hybridized carbons (Fsp3) is 0.222. The van der Waals surface area contributed by atoms with Crippen LogP contribution in [0.2, 0.25) is 0 Å². The van der Waals surface area contributed by atoms with Crippen molar-refractivity contribution in [3.63, 3.8) is 0 Å². The minimum atomic E-state index is 0.00689. The van der Waals surface area contributed by atoms with Gasteiger partial charge in [0, 0.05) is 38.0 Å². The summed E-state index contributed by atoms with van der Waals surface area (Å²) < 4.78 is 0. The van der Waals surface area contributed by atoms with Crippen LogP contribution in [0.3, 0.4) is 0 Å². The number of hydrogen-bond donors (Lipinski definition) is 0. The number of aryl methyl sites for hydroxylation is 1. The molecule has 0 aliphatic heterocycles. The molecule has 108 valence electrons. The highest BCUT2D eigenvalue weighted by Crippen LogP contribution is 2.06. The highest BCUT2D eigenvalue weighted by molar-refractivity contribution is 5.91. The first kappa shape index (κ1) is 15.0. The molecular weight excluding hydrogens is 260 g/mol. The van der Waals surface area contributed by atoms with Gasteiger partial charge in [-0.15, -0.1) is 0 Å². The Kier molecular flexibility index (Phi) is 5.27. The molecule has 1 aromatic heterocycles. The van der Waals surface area contributed by atoms with Crippen LogP contribution in [-0.4, -0.2) is 29.4 Å². The molecule has 0 aliphatic carbocycles. The van der Waals surface area contributed by atoms with Crippen LogP contribution >= 0.6 is 0 Å². The molecule has 21 heavy (non-hydrogen) atoms. The van der Waals surface area contributed by atoms with Gasteiger partial charge in [0.05, 0.1) is 0 Å². The smallest absolute Gasteiger partial charge is 0.246 e. The van der Waals surface area contributed by atoms with Gasteiger partial charge in [-0.25, -0.2) is 0 Å². The highest BCUT2D eigenvalue weighted by atomic mass is 16.2. The van der Waals surface area contributed by atoms with Crippen LogP contribution in [0.1, 0.15) is 16.8 Å². The van der Waals surface area contributed by atoms with E-state index in [0.29, 0.717) is 6.54 Å². The average molecular weight is 280 g/mol. The van der Waals surface area contributed by atoms with Gasteiger partial charge in [0.1, 0.15) is 0 Å². The Balaban J connectivity index is 1.88. The summed E-state index contributed by atoms with van der Waals surface area (Å²) in [6.07, 6.45) is 6.01. The summed E-state index contributed by atoms with van der Waals surface area (Å²) in [6, 6.07) is 13.9. The Morgan fingerprint density at radius 3 is 2.81 bits per heavy atom. The molecule has 2 aromatic rings. The molecule has 0 radical (unpaired) electrons. The number of hydrogen-bond acceptors (Lipinski definition) is 2. The van der Waals surface area contributed by atoms with E-state index in [4.69, 9.17) is 0 Å². The van der Waals surface area contributed by atoms with E-state index in [0.717, 1.165) is 17.7 Å². The standard InChI is InChI=1S/C18H20N2O/c1-15-6-5-7-16(14-15)9-10-18(21)20(2)13-11-17-8-3-4-12-19-17/h3-10,12,14H,11,13H2,1-2H3/b10-9+. The maximum atomic E-state index is 12.0. The average Bonchev–Trinajstić information content (AvgIpc) is 2.51. The Hall–Kier alpha value is -2.42. The second-order valence-electron chi connectivity index (χ2n) is 5.08. The number of rotatable bonds is 5. The van der Waals surface area contributed by atoms with Crippen LogP contribution in [0.25, 0.3) is 6.08 Å². The van der Waals surface area contributed by atoms with Crippen molar-refractivity contribution in [2.75, 3.05) is 13.6 Å². The summed E-state index contributed by atoms with van der Waals surface area (Å²) in [4.78, 5) is 18.0. The molecular formula is C18H20N2O. The minimum absolute atomic E-state index is 0.00689. The molecule has 2 rings (SSSR count). The number of carbonyl (C=O) groups is 1. The van der Waals surface area contributed by atoms with Gasteiger partial charge in [-0.05, 0) is 30.7 Å². The van der Waals surface area contributed by atoms with Crippen molar-refractivity contribution in [2.45, 2.75) is 13.3 Å². The maximum absolute atomic E-state index is 12.0. The molecule has 0 fully saturated rings. The van der Waals surface area contributed by atoms with E-state index < -0.39 is 0 Å². The second-order valence-corrected chi connectivity index (χ2v) is 5.08. The van der Waals surface area contributed by atoms with Crippen molar-refractivity contribution in [3.8, 4) is 0 Å². The predicted octanol–water partition coefficient (Wildman–Crippen LogP) is 3.10. The van der Waals surface area contributed by atoms with Crippen molar-refractivity contribution >= 4 is 12.0 Å². The highest BCUT2D eigenvalue weighted by Gasteiger charge is 2.05. The first-order valence-electron chi connectivity index (χ1n) is 7.05. The number of pyridine rings is 1. The zero-order chi connectivity index (χ0) is 15.1. The number of amides is 1. The lowest BCUT2D eigenvalue weighted by atomic mass is 10.1. The Morgan fingerprint density at radius 1 is 1.24 bits per heavy atom. The Morgan fingerprint density at radius 2 is 2.10 bits per heavy atom. The zero-order valence-electron chi connectivity index (χ0n) is 12.5. The van der Waals surface area contributed by atoms with Gasteiger partial charge in [0.2, 0.25) is 5.91 Å². The third-order valence-electron chi connectivity index (χ3n) is 3.27. The molecule has 0 saturated carbocycles. The molecule has 0 spiro atoms. The molecule has 1 aromatic carbocycles. The number of nitrogens with zero attached hydrogens (tertiary/aromatic N) is 2. The molecule has 1 heterocycles. The Labute approximate surface area is 125 Å². The molecule has 0 bridgehead atoms. The van der Waals surface area contributed by atoms with Crippen molar-refractivity contribution in [3.05, 3.63) is 71.6 Å². The SMILES string of the molecule is Cc1cccc(/C=C/C(=O)N(C)CCc2ccccn2)c1. The Bertz CT molecular complexity index is 620. The maximum Gasteiger partial charge on any atom is 0.246 e. The van der Waals surface area contributed by atoms with Crippen LogP contribution < -0.4 is 0 Å². The van der Waals surface area contributed by atoms with Gasteiger partial charge in [-0.3, -0.25) is 9.78 Å². The van der Waals surface area contributed by atoms with Gasteiger partial charge in [0.15, 0.2) is 0 Å². The van der Waals surface area contributed by atoms with Gasteiger partial charge in [-0.1, -0.05) is 35.9 Å². The zero-order valence-corrected chi connectivity index (χ0v) is 12.5. The molecule has 0 atom stereocenters. The van der Waals surface area contributed by atoms with Gasteiger partial charge in [-0.2, -0.15) is 0 Å². The number of aromatic nitrogens is 1. The van der Waals surface area contributed by atoms with Crippen LogP contribution in [-0.2, 0) is 11.2 Å². The fourth-order valence-electron chi connectivity index (χ4n) is 2.01. The van der Waals surface area contributed by atoms with E-state index in [-0.39, 0.29) is 5.91 Å². The summed E-state index contributed by atoms with van der Waals surface area (Å²) in [5, 5.41) is 0. The van der Waals surface area contributed by atoms with Crippen molar-refractivity contribution in [2.24, 2.45) is 0 Å². The van der Waals surface area contributed by atoms with Gasteiger partial charge in [0.25, 0.3) is 0 Å². The normalized spacial score (nSPS) is 10.8. The summed E-state index contributed by atoms with van der Waals surface area (Å²) in [7, 11) is 1.81. The van der Waals surface area contributed by atoms with Crippen molar-refractivity contribution in [1.29, 1.82) is 0 Å². The van der Waals surface area contributed by atoms with Crippen LogP contribution in [0.5, 0.6) is 0 Å². The summed E-state index contributed by atoms with van der Waals surface area (Å²) in [5.74, 6) is 0.00689. The molecule has 0 saturated heterocycles. The monoisotopic (exact) mass is 280 g/mol. The predicted molar refractivity (Wildman–Crippen MR) is 85.8 cm³/mol. The molecule has 1 amide bonds. The van der Waals surface area contributed by atoms with Gasteiger partial charge >= 0.3 is 0 Å². The summed E-state index contributed by atoms with van der Waals surface area (Å²) >= 11 is 0. The van der Waals surface area contributed by atoms with Crippen LogP contribution in [0.4, 0.5) is 0 Å². The quantitative estimate of drug-likeness (QED) is 0.788. The molecule has 3 heteroatoms. The second kappa shape index (κ2) is 7.39. The molecule has 0 unspecified atom stereocenters. The lowest BCUT2D eigenvalue weighted by Crippen LogP contribution is -2.27. The fourth-order valence-corrected chi connectivity index (χ4v) is 2.01. The van der Waals surface area contributed by atoms with Crippen LogP contribution in [0.15, 0.2) is 54.7 Å². The lowest BCUT2D eigenvalue weighted by Gasteiger charge is -2.14. The van der Waals surface area contributed by atoms with Crippen molar-refractivity contribution < 1.29 is 4.79 Å². The number of carbonyl (C=O) groups excluding carboxylic acids is 1. The van der Waals surface area contributed by atoms with E-state index in [1.807, 2.05) is 56.4 Å². The van der Waals surface area contributed by atoms with E-state index >= 15 is 0 Å². The van der Waals surface area contributed by atoms with E-state index in [1.54, 1.807) is 17.2 Å². The minimum Gasteiger partial charge on any atom is -0.342 e. The van der Waals surface area contributed by atoms with E-state index in [1.165, 1.54) is 5.56 Å². The largest absolute Gasteiger partial charge is 0.342 e. The number of likely N-dealkylation sites (N-methyl/N-ethyl adjacent to an activating group) is 1. The molecule has 3 nitrogen and oxygen atoms in total.